The van der Waals surface area contributed by atoms with Gasteiger partial charge >= 0.3 is 0 Å². The molecule has 0 amide bonds. The summed E-state index contributed by atoms with van der Waals surface area (Å²) in [7, 11) is 0. The Balaban J connectivity index is 2.38. The Kier molecular flexibility index (Phi) is 5.07. The Labute approximate surface area is 102 Å². The summed E-state index contributed by atoms with van der Waals surface area (Å²) in [6.45, 7) is 12.3. The van der Waals surface area contributed by atoms with Crippen molar-refractivity contribution in [2.24, 2.45) is 5.41 Å². The van der Waals surface area contributed by atoms with Gasteiger partial charge in [0.25, 0.3) is 0 Å². The van der Waals surface area contributed by atoms with E-state index in [9.17, 15) is 0 Å². The molecule has 1 aliphatic rings. The fourth-order valence-electron chi connectivity index (χ4n) is 1.76. The number of hydrogen-bond acceptors (Lipinski definition) is 2. The van der Waals surface area contributed by atoms with E-state index in [1.54, 1.807) is 0 Å². The largest absolute Gasteiger partial charge is 0.374 e. The van der Waals surface area contributed by atoms with Gasteiger partial charge in [-0.25, -0.2) is 0 Å². The minimum atomic E-state index is 0.376. The number of rotatable bonds is 3. The summed E-state index contributed by atoms with van der Waals surface area (Å²) in [5, 5.41) is 0.950. The Morgan fingerprint density at radius 2 is 2.07 bits per heavy atom. The number of halogens is 1. The van der Waals surface area contributed by atoms with E-state index in [0.717, 1.165) is 18.5 Å². The first-order chi connectivity index (χ1) is 6.92. The van der Waals surface area contributed by atoms with Gasteiger partial charge in [0.05, 0.1) is 12.7 Å². The molecule has 0 aromatic rings. The van der Waals surface area contributed by atoms with Crippen molar-refractivity contribution in [3.63, 3.8) is 0 Å². The third kappa shape index (κ3) is 4.83. The van der Waals surface area contributed by atoms with E-state index in [0.29, 0.717) is 17.6 Å². The van der Waals surface area contributed by atoms with Crippen molar-refractivity contribution in [1.82, 2.24) is 4.90 Å². The Hall–Kier alpha value is 0.400. The lowest BCUT2D eigenvalue weighted by Gasteiger charge is -2.38. The highest BCUT2D eigenvalue weighted by Gasteiger charge is 2.26. The van der Waals surface area contributed by atoms with Gasteiger partial charge < -0.3 is 4.74 Å². The first-order valence-electron chi connectivity index (χ1n) is 5.84. The second-order valence-corrected chi connectivity index (χ2v) is 6.41. The van der Waals surface area contributed by atoms with Crippen LogP contribution in [0.1, 0.15) is 34.1 Å². The van der Waals surface area contributed by atoms with Gasteiger partial charge in [0.2, 0.25) is 0 Å². The van der Waals surface area contributed by atoms with Gasteiger partial charge in [-0.05, 0) is 25.3 Å². The van der Waals surface area contributed by atoms with Crippen LogP contribution in [0.2, 0.25) is 0 Å². The van der Waals surface area contributed by atoms with Crippen LogP contribution in [0, 0.1) is 5.41 Å². The van der Waals surface area contributed by atoms with Crippen molar-refractivity contribution in [2.45, 2.75) is 46.3 Å². The van der Waals surface area contributed by atoms with Crippen molar-refractivity contribution in [3.05, 3.63) is 0 Å². The molecule has 15 heavy (non-hydrogen) atoms. The molecule has 2 atom stereocenters. The second-order valence-electron chi connectivity index (χ2n) is 5.76. The molecule has 0 aliphatic carbocycles. The summed E-state index contributed by atoms with van der Waals surface area (Å²) in [5.74, 6) is 0. The maximum Gasteiger partial charge on any atom is 0.0799 e. The van der Waals surface area contributed by atoms with Crippen LogP contribution in [0.4, 0.5) is 0 Å². The van der Waals surface area contributed by atoms with Gasteiger partial charge in [0, 0.05) is 17.9 Å². The van der Waals surface area contributed by atoms with E-state index in [2.05, 4.69) is 48.5 Å². The third-order valence-electron chi connectivity index (χ3n) is 2.96. The number of alkyl halides is 1. The van der Waals surface area contributed by atoms with Gasteiger partial charge in [-0.1, -0.05) is 36.7 Å². The van der Waals surface area contributed by atoms with Crippen LogP contribution in [0.15, 0.2) is 0 Å². The zero-order valence-corrected chi connectivity index (χ0v) is 12.0. The Bertz CT molecular complexity index is 191. The van der Waals surface area contributed by atoms with Crippen molar-refractivity contribution < 1.29 is 4.74 Å². The topological polar surface area (TPSA) is 12.5 Å². The molecule has 90 valence electrons. The molecule has 0 aromatic heterocycles. The molecular formula is C12H24BrNO. The number of hydrogen-bond donors (Lipinski definition) is 0. The van der Waals surface area contributed by atoms with Crippen LogP contribution in [0.5, 0.6) is 0 Å². The molecule has 3 heteroatoms. The summed E-state index contributed by atoms with van der Waals surface area (Å²) < 4.78 is 5.71. The molecule has 1 rings (SSSR count). The summed E-state index contributed by atoms with van der Waals surface area (Å²) >= 11 is 3.50. The highest BCUT2D eigenvalue weighted by Crippen LogP contribution is 2.21. The molecule has 0 spiro atoms. The molecule has 2 unspecified atom stereocenters. The van der Waals surface area contributed by atoms with E-state index in [4.69, 9.17) is 4.74 Å². The Morgan fingerprint density at radius 3 is 2.60 bits per heavy atom. The highest BCUT2D eigenvalue weighted by atomic mass is 79.9. The molecule has 1 saturated heterocycles. The maximum atomic E-state index is 5.71. The molecule has 2 nitrogen and oxygen atoms in total. The average Bonchev–Trinajstić information content (AvgIpc) is 2.15. The molecule has 0 radical (unpaired) electrons. The molecule has 0 saturated carbocycles. The third-order valence-corrected chi connectivity index (χ3v) is 3.68. The van der Waals surface area contributed by atoms with Crippen molar-refractivity contribution >= 4 is 15.9 Å². The first kappa shape index (κ1) is 13.5. The quantitative estimate of drug-likeness (QED) is 0.736. The summed E-state index contributed by atoms with van der Waals surface area (Å²) in [6, 6.07) is 0.572. The molecule has 1 fully saturated rings. The molecule has 0 bridgehead atoms. The summed E-state index contributed by atoms with van der Waals surface area (Å²) in [6.07, 6.45) is 1.63. The van der Waals surface area contributed by atoms with Crippen molar-refractivity contribution in [3.8, 4) is 0 Å². The minimum absolute atomic E-state index is 0.376. The Morgan fingerprint density at radius 1 is 1.40 bits per heavy atom. The molecule has 1 heterocycles. The van der Waals surface area contributed by atoms with E-state index in [1.807, 2.05) is 0 Å². The van der Waals surface area contributed by atoms with E-state index < -0.39 is 0 Å². The standard InChI is InChI=1S/C12H24BrNO/c1-10-9-15-11(7-13)8-14(10)6-5-12(2,3)4/h10-11H,5-9H2,1-4H3. The smallest absolute Gasteiger partial charge is 0.0799 e. The number of nitrogens with zero attached hydrogens (tertiary/aromatic N) is 1. The van der Waals surface area contributed by atoms with Crippen LogP contribution in [-0.4, -0.2) is 42.1 Å². The maximum absolute atomic E-state index is 5.71. The van der Waals surface area contributed by atoms with Crippen molar-refractivity contribution in [1.29, 1.82) is 0 Å². The van der Waals surface area contributed by atoms with Gasteiger partial charge in [-0.15, -0.1) is 0 Å². The first-order valence-corrected chi connectivity index (χ1v) is 6.96. The number of morpholine rings is 1. The van der Waals surface area contributed by atoms with Gasteiger partial charge in [-0.3, -0.25) is 4.90 Å². The fraction of sp³-hybridized carbons (Fsp3) is 1.00. The van der Waals surface area contributed by atoms with Crippen LogP contribution in [-0.2, 0) is 4.74 Å². The normalized spacial score (nSPS) is 29.4. The monoisotopic (exact) mass is 277 g/mol. The lowest BCUT2D eigenvalue weighted by Crippen LogP contribution is -2.49. The molecule has 1 aliphatic heterocycles. The van der Waals surface area contributed by atoms with Gasteiger partial charge in [0.15, 0.2) is 0 Å². The predicted molar refractivity (Wildman–Crippen MR) is 68.6 cm³/mol. The van der Waals surface area contributed by atoms with Gasteiger partial charge in [-0.2, -0.15) is 0 Å². The predicted octanol–water partition coefficient (Wildman–Crippen LogP) is 2.91. The SMILES string of the molecule is CC1COC(CBr)CN1CCC(C)(C)C. The highest BCUT2D eigenvalue weighted by molar-refractivity contribution is 9.09. The van der Waals surface area contributed by atoms with Crippen LogP contribution < -0.4 is 0 Å². The van der Waals surface area contributed by atoms with E-state index in [1.165, 1.54) is 13.0 Å². The number of ether oxygens (including phenoxy) is 1. The summed E-state index contributed by atoms with van der Waals surface area (Å²) in [4.78, 5) is 2.56. The molecule has 0 aromatic carbocycles. The second kappa shape index (κ2) is 5.65. The van der Waals surface area contributed by atoms with Crippen LogP contribution >= 0.6 is 15.9 Å². The van der Waals surface area contributed by atoms with Crippen LogP contribution in [0.25, 0.3) is 0 Å². The van der Waals surface area contributed by atoms with Gasteiger partial charge in [0.1, 0.15) is 0 Å². The fourth-order valence-corrected chi connectivity index (χ4v) is 2.15. The molecule has 0 N–H and O–H groups in total. The zero-order valence-electron chi connectivity index (χ0n) is 10.4. The van der Waals surface area contributed by atoms with Crippen LogP contribution in [0.3, 0.4) is 0 Å². The van der Waals surface area contributed by atoms with E-state index in [-0.39, 0.29) is 0 Å². The summed E-state index contributed by atoms with van der Waals surface area (Å²) in [5.41, 5.74) is 0.432. The zero-order chi connectivity index (χ0) is 11.5. The lowest BCUT2D eigenvalue weighted by molar-refractivity contribution is -0.0492. The minimum Gasteiger partial charge on any atom is -0.374 e. The van der Waals surface area contributed by atoms with E-state index >= 15 is 0 Å². The van der Waals surface area contributed by atoms with Crippen molar-refractivity contribution in [2.75, 3.05) is 25.0 Å². The lowest BCUT2D eigenvalue weighted by atomic mass is 9.92. The average molecular weight is 278 g/mol. The molecular weight excluding hydrogens is 254 g/mol.